The number of carbonyl (C=O) groups is 1. The summed E-state index contributed by atoms with van der Waals surface area (Å²) in [6.07, 6.45) is 0. The first-order valence-corrected chi connectivity index (χ1v) is 9.60. The van der Waals surface area contributed by atoms with Gasteiger partial charge in [-0.1, -0.05) is 30.3 Å². The molecule has 29 heavy (non-hydrogen) atoms. The zero-order chi connectivity index (χ0) is 20.1. The summed E-state index contributed by atoms with van der Waals surface area (Å²) in [4.78, 5) is 16.6. The average Bonchev–Trinajstić information content (AvgIpc) is 2.79. The molecule has 0 saturated carbocycles. The number of hydrogen-bond donors (Lipinski definition) is 1. The van der Waals surface area contributed by atoms with Crippen molar-refractivity contribution in [3.8, 4) is 0 Å². The first-order chi connectivity index (χ1) is 14.2. The van der Waals surface area contributed by atoms with Gasteiger partial charge in [-0.2, -0.15) is 0 Å². The van der Waals surface area contributed by atoms with Gasteiger partial charge in [0.25, 0.3) is 5.91 Å². The molecule has 3 aromatic rings. The van der Waals surface area contributed by atoms with Gasteiger partial charge in [-0.25, -0.2) is 4.39 Å². The number of aromatic nitrogens is 2. The van der Waals surface area contributed by atoms with E-state index in [1.54, 1.807) is 29.2 Å². The Morgan fingerprint density at radius 3 is 2.28 bits per heavy atom. The molecule has 0 bridgehead atoms. The number of anilines is 2. The van der Waals surface area contributed by atoms with Gasteiger partial charge >= 0.3 is 0 Å². The summed E-state index contributed by atoms with van der Waals surface area (Å²) in [6, 6.07) is 19.9. The van der Waals surface area contributed by atoms with Crippen molar-refractivity contribution in [1.82, 2.24) is 15.1 Å². The molecular formula is C22H22FN5O. The van der Waals surface area contributed by atoms with Gasteiger partial charge in [-0.05, 0) is 42.0 Å². The van der Waals surface area contributed by atoms with Gasteiger partial charge in [0.2, 0.25) is 0 Å². The van der Waals surface area contributed by atoms with Gasteiger partial charge in [0.1, 0.15) is 11.6 Å². The molecular weight excluding hydrogens is 369 g/mol. The predicted molar refractivity (Wildman–Crippen MR) is 110 cm³/mol. The highest BCUT2D eigenvalue weighted by Crippen LogP contribution is 2.18. The van der Waals surface area contributed by atoms with Gasteiger partial charge in [-0.15, -0.1) is 10.2 Å². The third-order valence-corrected chi connectivity index (χ3v) is 4.96. The number of rotatable bonds is 5. The fourth-order valence-corrected chi connectivity index (χ4v) is 3.31. The monoisotopic (exact) mass is 391 g/mol. The molecule has 1 fully saturated rings. The van der Waals surface area contributed by atoms with Crippen LogP contribution in [0.4, 0.5) is 15.9 Å². The minimum Gasteiger partial charge on any atom is -0.368 e. The number of nitrogens with one attached hydrogen (secondary N) is 1. The van der Waals surface area contributed by atoms with Crippen molar-refractivity contribution in [2.75, 3.05) is 36.4 Å². The summed E-state index contributed by atoms with van der Waals surface area (Å²) in [5.74, 6) is 0.264. The van der Waals surface area contributed by atoms with E-state index >= 15 is 0 Å². The number of amides is 1. The quantitative estimate of drug-likeness (QED) is 0.724. The molecule has 1 aliphatic heterocycles. The Hall–Kier alpha value is -3.48. The van der Waals surface area contributed by atoms with Crippen LogP contribution in [0.2, 0.25) is 0 Å². The molecule has 2 aromatic carbocycles. The number of carbonyl (C=O) groups excluding carboxylic acids is 1. The zero-order valence-electron chi connectivity index (χ0n) is 16.0. The van der Waals surface area contributed by atoms with E-state index in [9.17, 15) is 9.18 Å². The normalized spacial score (nSPS) is 14.0. The maximum absolute atomic E-state index is 13.1. The minimum atomic E-state index is -0.247. The Bertz CT molecular complexity index is 939. The molecule has 7 heteroatoms. The van der Waals surface area contributed by atoms with Crippen molar-refractivity contribution in [2.45, 2.75) is 6.54 Å². The Morgan fingerprint density at radius 1 is 0.897 bits per heavy atom. The van der Waals surface area contributed by atoms with E-state index in [0.717, 1.165) is 11.3 Å². The summed E-state index contributed by atoms with van der Waals surface area (Å²) < 4.78 is 13.1. The molecule has 0 aliphatic carbocycles. The maximum Gasteiger partial charge on any atom is 0.274 e. The standard InChI is InChI=1S/C22H22FN5O/c23-18-6-8-19(9-7-18)27-12-14-28(15-13-27)22(29)20-10-11-21(26-25-20)24-16-17-4-2-1-3-5-17/h1-11H,12-16H2,(H,24,26). The molecule has 0 radical (unpaired) electrons. The van der Waals surface area contributed by atoms with Crippen LogP contribution in [0.3, 0.4) is 0 Å². The highest BCUT2D eigenvalue weighted by Gasteiger charge is 2.23. The van der Waals surface area contributed by atoms with E-state index in [4.69, 9.17) is 0 Å². The number of benzene rings is 2. The molecule has 4 rings (SSSR count). The third kappa shape index (κ3) is 4.68. The van der Waals surface area contributed by atoms with E-state index in [-0.39, 0.29) is 11.7 Å². The van der Waals surface area contributed by atoms with Crippen molar-refractivity contribution in [3.63, 3.8) is 0 Å². The molecule has 1 aromatic heterocycles. The van der Waals surface area contributed by atoms with Crippen LogP contribution in [0.1, 0.15) is 16.1 Å². The molecule has 1 aliphatic rings. The first kappa shape index (κ1) is 18.9. The molecule has 0 spiro atoms. The van der Waals surface area contributed by atoms with Gasteiger partial charge in [0.15, 0.2) is 5.69 Å². The lowest BCUT2D eigenvalue weighted by Crippen LogP contribution is -2.49. The Kier molecular flexibility index (Phi) is 5.65. The Balaban J connectivity index is 1.31. The molecule has 1 saturated heterocycles. The van der Waals surface area contributed by atoms with E-state index in [1.807, 2.05) is 30.3 Å². The molecule has 0 atom stereocenters. The molecule has 0 unspecified atom stereocenters. The van der Waals surface area contributed by atoms with E-state index in [2.05, 4.69) is 20.4 Å². The summed E-state index contributed by atoms with van der Waals surface area (Å²) in [5.41, 5.74) is 2.45. The highest BCUT2D eigenvalue weighted by molar-refractivity contribution is 5.92. The molecule has 2 heterocycles. The van der Waals surface area contributed by atoms with Gasteiger partial charge in [0, 0.05) is 38.4 Å². The lowest BCUT2D eigenvalue weighted by Gasteiger charge is -2.35. The fraction of sp³-hybridized carbons (Fsp3) is 0.227. The second-order valence-corrected chi connectivity index (χ2v) is 6.90. The predicted octanol–water partition coefficient (Wildman–Crippen LogP) is 3.19. The van der Waals surface area contributed by atoms with Crippen LogP contribution in [-0.2, 0) is 6.54 Å². The van der Waals surface area contributed by atoms with Crippen LogP contribution in [0.5, 0.6) is 0 Å². The van der Waals surface area contributed by atoms with Gasteiger partial charge in [-0.3, -0.25) is 4.79 Å². The summed E-state index contributed by atoms with van der Waals surface area (Å²) in [5, 5.41) is 11.4. The molecule has 1 N–H and O–H groups in total. The van der Waals surface area contributed by atoms with Crippen LogP contribution >= 0.6 is 0 Å². The van der Waals surface area contributed by atoms with Crippen molar-refractivity contribution in [3.05, 3.63) is 83.8 Å². The van der Waals surface area contributed by atoms with Crippen LogP contribution in [-0.4, -0.2) is 47.2 Å². The van der Waals surface area contributed by atoms with Gasteiger partial charge in [0.05, 0.1) is 0 Å². The lowest BCUT2D eigenvalue weighted by molar-refractivity contribution is 0.0739. The number of piperazine rings is 1. The second-order valence-electron chi connectivity index (χ2n) is 6.90. The van der Waals surface area contributed by atoms with Crippen molar-refractivity contribution in [2.24, 2.45) is 0 Å². The van der Waals surface area contributed by atoms with E-state index in [1.165, 1.54) is 12.1 Å². The molecule has 6 nitrogen and oxygen atoms in total. The van der Waals surface area contributed by atoms with Crippen LogP contribution < -0.4 is 10.2 Å². The number of hydrogen-bond acceptors (Lipinski definition) is 5. The first-order valence-electron chi connectivity index (χ1n) is 9.60. The largest absolute Gasteiger partial charge is 0.368 e. The second kappa shape index (κ2) is 8.68. The topological polar surface area (TPSA) is 61.4 Å². The lowest BCUT2D eigenvalue weighted by atomic mass is 10.2. The third-order valence-electron chi connectivity index (χ3n) is 4.96. The summed E-state index contributed by atoms with van der Waals surface area (Å²) >= 11 is 0. The molecule has 148 valence electrons. The zero-order valence-corrected chi connectivity index (χ0v) is 16.0. The smallest absolute Gasteiger partial charge is 0.274 e. The molecule has 1 amide bonds. The van der Waals surface area contributed by atoms with Crippen molar-refractivity contribution in [1.29, 1.82) is 0 Å². The van der Waals surface area contributed by atoms with Crippen molar-refractivity contribution < 1.29 is 9.18 Å². The number of nitrogens with zero attached hydrogens (tertiary/aromatic N) is 4. The highest BCUT2D eigenvalue weighted by atomic mass is 19.1. The number of halogens is 1. The Morgan fingerprint density at radius 2 is 1.62 bits per heavy atom. The van der Waals surface area contributed by atoms with Crippen LogP contribution in [0.15, 0.2) is 66.7 Å². The average molecular weight is 391 g/mol. The van der Waals surface area contributed by atoms with E-state index < -0.39 is 0 Å². The Labute approximate surface area is 169 Å². The summed E-state index contributed by atoms with van der Waals surface area (Å²) in [7, 11) is 0. The maximum atomic E-state index is 13.1. The fourth-order valence-electron chi connectivity index (χ4n) is 3.31. The van der Waals surface area contributed by atoms with Crippen molar-refractivity contribution >= 4 is 17.4 Å². The van der Waals surface area contributed by atoms with E-state index in [0.29, 0.717) is 44.2 Å². The minimum absolute atomic E-state index is 0.120. The SMILES string of the molecule is O=C(c1ccc(NCc2ccccc2)nn1)N1CCN(c2ccc(F)cc2)CC1. The summed E-state index contributed by atoms with van der Waals surface area (Å²) in [6.45, 7) is 3.22. The van der Waals surface area contributed by atoms with Crippen LogP contribution in [0.25, 0.3) is 0 Å². The van der Waals surface area contributed by atoms with Crippen LogP contribution in [0, 0.1) is 5.82 Å². The van der Waals surface area contributed by atoms with Gasteiger partial charge < -0.3 is 15.1 Å².